The molecule has 1 unspecified atom stereocenters. The lowest BCUT2D eigenvalue weighted by atomic mass is 9.86. The molecule has 9 heteroatoms. The van der Waals surface area contributed by atoms with Gasteiger partial charge in [-0.3, -0.25) is 0 Å². The Kier molecular flexibility index (Phi) is 11.8. The van der Waals surface area contributed by atoms with E-state index in [1.807, 2.05) is 84.9 Å². The third-order valence-electron chi connectivity index (χ3n) is 16.5. The summed E-state index contributed by atoms with van der Waals surface area (Å²) in [6.45, 7) is 11.9. The van der Waals surface area contributed by atoms with Gasteiger partial charge in [0.2, 0.25) is 6.29 Å². The molecule has 9 nitrogen and oxygen atoms in total. The summed E-state index contributed by atoms with van der Waals surface area (Å²) in [6.07, 6.45) is 0.857. The SMILES string of the molecule is CCN(CC)c1ccc2c(c1)OC(O)C(c1ccc(N(c3ccc(-c4cc5ccc(N(CC)CC)cc5oc4=O)cc3)c3ccc4c5cccc6c(-c7cc8c(ccc9ccccc98)oc7=O)ccc(c7cccc3c74)c65)cc1)=C2. The zero-order chi connectivity index (χ0) is 54.3. The minimum atomic E-state index is -1.16. The Bertz CT molecular complexity index is 4740. The van der Waals surface area contributed by atoms with Crippen LogP contribution in [0.2, 0.25) is 0 Å². The first kappa shape index (κ1) is 48.7. The van der Waals surface area contributed by atoms with E-state index < -0.39 is 11.9 Å². The van der Waals surface area contributed by atoms with E-state index in [1.54, 1.807) is 0 Å². The van der Waals surface area contributed by atoms with Gasteiger partial charge >= 0.3 is 11.3 Å². The second-order valence-electron chi connectivity index (χ2n) is 20.6. The molecule has 13 aromatic rings. The quantitative estimate of drug-likeness (QED) is 0.0728. The molecule has 11 aromatic carbocycles. The normalized spacial score (nSPS) is 13.4. The fourth-order valence-electron chi connectivity index (χ4n) is 12.5. The second-order valence-corrected chi connectivity index (χ2v) is 20.6. The van der Waals surface area contributed by atoms with Gasteiger partial charge in [-0.1, -0.05) is 109 Å². The molecule has 0 bridgehead atoms. The standard InChI is InChI=1S/C71H55N3O6/c1-5-72(6-2)49-30-23-45-37-59(69(75)79-65(45)39-49)43-19-26-47(27-20-43)74(48-28-21-44(22-29-48)60-38-46-24-31-50(73(7-3)8-4)40-66(46)80-70(60)76)63-35-34-57-54-16-11-15-53-52(32-33-56(67(53)54)55-17-12-18-58(63)68(55)57)62-41-61-51-14-10-9-13-42(51)25-36-64(61)78-71(62)77/h9-41,69,75H,5-8H2,1-4H3. The lowest BCUT2D eigenvalue weighted by Gasteiger charge is -2.29. The van der Waals surface area contributed by atoms with E-state index in [0.717, 1.165) is 142 Å². The van der Waals surface area contributed by atoms with Gasteiger partial charge in [-0.05, 0) is 172 Å². The highest BCUT2D eigenvalue weighted by atomic mass is 16.6. The van der Waals surface area contributed by atoms with Crippen molar-refractivity contribution >= 4 is 116 Å². The Morgan fingerprint density at radius 1 is 0.425 bits per heavy atom. The summed E-state index contributed by atoms with van der Waals surface area (Å²) in [6, 6.07) is 66.0. The first-order chi connectivity index (χ1) is 39.2. The summed E-state index contributed by atoms with van der Waals surface area (Å²) < 4.78 is 18.3. The van der Waals surface area contributed by atoms with E-state index in [9.17, 15) is 14.7 Å². The van der Waals surface area contributed by atoms with Gasteiger partial charge in [0.15, 0.2) is 0 Å². The van der Waals surface area contributed by atoms with E-state index in [4.69, 9.17) is 13.6 Å². The molecule has 14 rings (SSSR count). The Hall–Kier alpha value is -9.70. The van der Waals surface area contributed by atoms with Crippen LogP contribution in [0.3, 0.4) is 0 Å². The molecule has 0 saturated heterocycles. The number of rotatable bonds is 12. The minimum Gasteiger partial charge on any atom is -0.460 e. The number of aliphatic hydroxyl groups is 1. The van der Waals surface area contributed by atoms with Crippen molar-refractivity contribution in [1.82, 2.24) is 0 Å². The van der Waals surface area contributed by atoms with Crippen LogP contribution in [0, 0.1) is 0 Å². The zero-order valence-corrected chi connectivity index (χ0v) is 44.8. The number of nitrogens with zero attached hydrogens (tertiary/aromatic N) is 3. The maximum Gasteiger partial charge on any atom is 0.344 e. The van der Waals surface area contributed by atoms with Crippen LogP contribution in [0.1, 0.15) is 38.8 Å². The third kappa shape index (κ3) is 7.87. The fourth-order valence-corrected chi connectivity index (χ4v) is 12.5. The fraction of sp³-hybridized carbons (Fsp3) is 0.127. The Balaban J connectivity index is 0.906. The smallest absolute Gasteiger partial charge is 0.344 e. The third-order valence-corrected chi connectivity index (χ3v) is 16.5. The molecule has 1 aliphatic rings. The van der Waals surface area contributed by atoms with Crippen LogP contribution in [-0.4, -0.2) is 37.6 Å². The largest absolute Gasteiger partial charge is 0.460 e. The molecule has 0 aliphatic carbocycles. The van der Waals surface area contributed by atoms with Crippen LogP contribution in [0.25, 0.3) is 110 Å². The van der Waals surface area contributed by atoms with Gasteiger partial charge in [-0.15, -0.1) is 0 Å². The highest BCUT2D eigenvalue weighted by molar-refractivity contribution is 6.35. The highest BCUT2D eigenvalue weighted by Gasteiger charge is 2.26. The number of fused-ring (bicyclic) bond motifs is 7. The van der Waals surface area contributed by atoms with Crippen molar-refractivity contribution in [3.05, 3.63) is 226 Å². The highest BCUT2D eigenvalue weighted by Crippen LogP contribution is 2.48. The predicted octanol–water partition coefficient (Wildman–Crippen LogP) is 16.9. The molecule has 80 heavy (non-hydrogen) atoms. The molecule has 0 amide bonds. The Labute approximate surface area is 461 Å². The van der Waals surface area contributed by atoms with Gasteiger partial charge in [0.1, 0.15) is 16.9 Å². The van der Waals surface area contributed by atoms with Gasteiger partial charge in [0.05, 0.1) is 16.8 Å². The van der Waals surface area contributed by atoms with Crippen LogP contribution in [-0.2, 0) is 0 Å². The van der Waals surface area contributed by atoms with Crippen molar-refractivity contribution in [2.24, 2.45) is 0 Å². The van der Waals surface area contributed by atoms with Crippen molar-refractivity contribution in [1.29, 1.82) is 0 Å². The molecule has 390 valence electrons. The number of hydrogen-bond donors (Lipinski definition) is 1. The number of ether oxygens (including phenoxy) is 1. The van der Waals surface area contributed by atoms with Gasteiger partial charge in [0, 0.05) is 88.4 Å². The van der Waals surface area contributed by atoms with Gasteiger partial charge in [-0.25, -0.2) is 9.59 Å². The summed E-state index contributed by atoms with van der Waals surface area (Å²) in [5, 5.41) is 23.9. The summed E-state index contributed by atoms with van der Waals surface area (Å²) in [4.78, 5) is 34.5. The molecular formula is C71H55N3O6. The number of aliphatic hydroxyl groups excluding tert-OH is 1. The van der Waals surface area contributed by atoms with Gasteiger partial charge < -0.3 is 33.4 Å². The molecule has 3 heterocycles. The molecule has 0 radical (unpaired) electrons. The number of benzene rings is 11. The Morgan fingerprint density at radius 2 is 0.988 bits per heavy atom. The molecular weight excluding hydrogens is 991 g/mol. The second kappa shape index (κ2) is 19.3. The first-order valence-corrected chi connectivity index (χ1v) is 27.6. The van der Waals surface area contributed by atoms with Gasteiger partial charge in [0.25, 0.3) is 0 Å². The minimum absolute atomic E-state index is 0.377. The van der Waals surface area contributed by atoms with Crippen molar-refractivity contribution < 1.29 is 18.7 Å². The first-order valence-electron chi connectivity index (χ1n) is 27.6. The average Bonchev–Trinajstić information content (AvgIpc) is 3.67. The summed E-state index contributed by atoms with van der Waals surface area (Å²) in [7, 11) is 0. The summed E-state index contributed by atoms with van der Waals surface area (Å²) in [5.41, 5.74) is 10.1. The van der Waals surface area contributed by atoms with Crippen LogP contribution in [0.15, 0.2) is 213 Å². The van der Waals surface area contributed by atoms with E-state index in [1.165, 1.54) is 0 Å². The maximum absolute atomic E-state index is 13.9. The summed E-state index contributed by atoms with van der Waals surface area (Å²) >= 11 is 0. The van der Waals surface area contributed by atoms with Crippen molar-refractivity contribution in [3.63, 3.8) is 0 Å². The van der Waals surface area contributed by atoms with Crippen LogP contribution in [0.4, 0.5) is 28.4 Å². The topological polar surface area (TPSA) is 99.6 Å². The van der Waals surface area contributed by atoms with Crippen molar-refractivity contribution in [2.45, 2.75) is 34.0 Å². The van der Waals surface area contributed by atoms with E-state index in [2.05, 4.69) is 158 Å². The van der Waals surface area contributed by atoms with Crippen LogP contribution in [0.5, 0.6) is 5.75 Å². The van der Waals surface area contributed by atoms with E-state index >= 15 is 0 Å². The maximum atomic E-state index is 13.9. The van der Waals surface area contributed by atoms with Gasteiger partial charge in [-0.2, -0.15) is 0 Å². The Morgan fingerprint density at radius 3 is 1.71 bits per heavy atom. The zero-order valence-electron chi connectivity index (χ0n) is 44.8. The molecule has 0 saturated carbocycles. The molecule has 0 fully saturated rings. The monoisotopic (exact) mass is 1050 g/mol. The van der Waals surface area contributed by atoms with E-state index in [-0.39, 0.29) is 5.63 Å². The molecule has 1 N–H and O–H groups in total. The molecule has 1 atom stereocenters. The van der Waals surface area contributed by atoms with Crippen LogP contribution >= 0.6 is 0 Å². The lowest BCUT2D eigenvalue weighted by Crippen LogP contribution is -2.24. The molecule has 1 aliphatic heterocycles. The van der Waals surface area contributed by atoms with Crippen molar-refractivity contribution in [2.75, 3.05) is 40.9 Å². The predicted molar refractivity (Wildman–Crippen MR) is 331 cm³/mol. The van der Waals surface area contributed by atoms with Crippen molar-refractivity contribution in [3.8, 4) is 28.0 Å². The van der Waals surface area contributed by atoms with Crippen LogP contribution < -0.4 is 30.7 Å². The average molecular weight is 1050 g/mol. The summed E-state index contributed by atoms with van der Waals surface area (Å²) in [5.74, 6) is 0.649. The number of hydrogen-bond acceptors (Lipinski definition) is 9. The lowest BCUT2D eigenvalue weighted by molar-refractivity contribution is 0.0320. The van der Waals surface area contributed by atoms with E-state index in [0.29, 0.717) is 33.6 Å². The molecule has 2 aromatic heterocycles. The molecule has 0 spiro atoms. The number of anilines is 5.